The molecule has 2 rings (SSSR count). The Balaban J connectivity index is 2.60. The number of fused-ring (bicyclic) bond motifs is 1. The number of carbonyl (C=O) groups excluding carboxylic acids is 1. The van der Waals surface area contributed by atoms with Crippen LogP contribution in [-0.2, 0) is 4.74 Å². The van der Waals surface area contributed by atoms with Crippen molar-refractivity contribution in [3.05, 3.63) is 35.0 Å². The lowest BCUT2D eigenvalue weighted by atomic mass is 10.2. The van der Waals surface area contributed by atoms with Crippen LogP contribution in [0.4, 0.5) is 0 Å². The molecule has 1 aromatic carbocycles. The normalized spacial score (nSPS) is 10.4. The zero-order chi connectivity index (χ0) is 10.1. The number of carbonyl (C=O) groups is 1. The van der Waals surface area contributed by atoms with Crippen LogP contribution in [0.1, 0.15) is 10.4 Å². The molecule has 0 saturated heterocycles. The Hall–Kier alpha value is -1.48. The Morgan fingerprint density at radius 2 is 2.29 bits per heavy atom. The molecular formula is C10H7ClO3. The topological polar surface area (TPSA) is 39.4 Å². The SMILES string of the molecule is COC(=O)c1ccc2occ(Cl)c2c1. The van der Waals surface area contributed by atoms with Crippen molar-refractivity contribution in [2.75, 3.05) is 7.11 Å². The summed E-state index contributed by atoms with van der Waals surface area (Å²) in [5.74, 6) is -0.385. The number of hydrogen-bond acceptors (Lipinski definition) is 3. The minimum atomic E-state index is -0.385. The quantitative estimate of drug-likeness (QED) is 0.680. The van der Waals surface area contributed by atoms with Crippen LogP contribution < -0.4 is 0 Å². The summed E-state index contributed by atoms with van der Waals surface area (Å²) in [7, 11) is 1.34. The second kappa shape index (κ2) is 3.35. The summed E-state index contributed by atoms with van der Waals surface area (Å²) in [4.78, 5) is 11.2. The summed E-state index contributed by atoms with van der Waals surface area (Å²) in [6, 6.07) is 4.97. The van der Waals surface area contributed by atoms with Crippen molar-refractivity contribution in [3.8, 4) is 0 Å². The second-order valence-corrected chi connectivity index (χ2v) is 3.19. The van der Waals surface area contributed by atoms with Gasteiger partial charge >= 0.3 is 5.97 Å². The number of ether oxygens (including phenoxy) is 1. The molecule has 1 aromatic heterocycles. The zero-order valence-electron chi connectivity index (χ0n) is 7.41. The van der Waals surface area contributed by atoms with Gasteiger partial charge in [0, 0.05) is 5.39 Å². The largest absolute Gasteiger partial charge is 0.465 e. The molecule has 4 heteroatoms. The molecule has 0 bridgehead atoms. The number of hydrogen-bond donors (Lipinski definition) is 0. The van der Waals surface area contributed by atoms with Crippen molar-refractivity contribution < 1.29 is 13.9 Å². The van der Waals surface area contributed by atoms with E-state index in [1.807, 2.05) is 0 Å². The number of halogens is 1. The average Bonchev–Trinajstić information content (AvgIpc) is 2.59. The van der Waals surface area contributed by atoms with Crippen molar-refractivity contribution in [3.63, 3.8) is 0 Å². The number of methoxy groups -OCH3 is 1. The summed E-state index contributed by atoms with van der Waals surface area (Å²) in [6.07, 6.45) is 1.44. The van der Waals surface area contributed by atoms with Crippen molar-refractivity contribution in [1.82, 2.24) is 0 Å². The maximum atomic E-state index is 11.2. The van der Waals surface area contributed by atoms with Gasteiger partial charge in [0.2, 0.25) is 0 Å². The average molecular weight is 211 g/mol. The highest BCUT2D eigenvalue weighted by Crippen LogP contribution is 2.26. The van der Waals surface area contributed by atoms with Gasteiger partial charge < -0.3 is 9.15 Å². The van der Waals surface area contributed by atoms with E-state index in [2.05, 4.69) is 4.74 Å². The summed E-state index contributed by atoms with van der Waals surface area (Å²) < 4.78 is 9.72. The van der Waals surface area contributed by atoms with Gasteiger partial charge in [0.05, 0.1) is 17.7 Å². The molecule has 14 heavy (non-hydrogen) atoms. The van der Waals surface area contributed by atoms with Crippen LogP contribution in [0.3, 0.4) is 0 Å². The molecule has 0 aliphatic carbocycles. The van der Waals surface area contributed by atoms with Crippen molar-refractivity contribution >= 4 is 28.5 Å². The first kappa shape index (κ1) is 9.09. The lowest BCUT2D eigenvalue weighted by Gasteiger charge is -1.97. The van der Waals surface area contributed by atoms with E-state index in [0.29, 0.717) is 16.2 Å². The fraction of sp³-hybridized carbons (Fsp3) is 0.100. The van der Waals surface area contributed by atoms with E-state index in [9.17, 15) is 4.79 Å². The van der Waals surface area contributed by atoms with Gasteiger partial charge in [-0.05, 0) is 18.2 Å². The van der Waals surface area contributed by atoms with Crippen LogP contribution in [0.25, 0.3) is 11.0 Å². The Morgan fingerprint density at radius 3 is 3.00 bits per heavy atom. The van der Waals surface area contributed by atoms with Crippen LogP contribution in [0.15, 0.2) is 28.9 Å². The molecule has 1 heterocycles. The Morgan fingerprint density at radius 1 is 1.50 bits per heavy atom. The highest BCUT2D eigenvalue weighted by atomic mass is 35.5. The fourth-order valence-corrected chi connectivity index (χ4v) is 1.44. The Kier molecular flexibility index (Phi) is 2.17. The molecule has 2 aromatic rings. The zero-order valence-corrected chi connectivity index (χ0v) is 8.17. The second-order valence-electron chi connectivity index (χ2n) is 2.79. The third-order valence-electron chi connectivity index (χ3n) is 1.95. The molecule has 0 aliphatic rings. The van der Waals surface area contributed by atoms with E-state index in [-0.39, 0.29) is 5.97 Å². The number of rotatable bonds is 1. The molecule has 0 radical (unpaired) electrons. The highest BCUT2D eigenvalue weighted by Gasteiger charge is 2.09. The number of esters is 1. The minimum Gasteiger partial charge on any atom is -0.465 e. The molecule has 72 valence electrons. The molecule has 0 amide bonds. The van der Waals surface area contributed by atoms with Gasteiger partial charge in [-0.25, -0.2) is 4.79 Å². The van der Waals surface area contributed by atoms with Crippen LogP contribution in [-0.4, -0.2) is 13.1 Å². The third-order valence-corrected chi connectivity index (χ3v) is 2.24. The van der Waals surface area contributed by atoms with Gasteiger partial charge in [0.1, 0.15) is 11.8 Å². The standard InChI is InChI=1S/C10H7ClO3/c1-13-10(12)6-2-3-9-7(4-6)8(11)5-14-9/h2-5H,1H3. The maximum absolute atomic E-state index is 11.2. The highest BCUT2D eigenvalue weighted by molar-refractivity contribution is 6.35. The van der Waals surface area contributed by atoms with Gasteiger partial charge in [0.15, 0.2) is 0 Å². The fourth-order valence-electron chi connectivity index (χ4n) is 1.24. The summed E-state index contributed by atoms with van der Waals surface area (Å²) in [6.45, 7) is 0. The lowest BCUT2D eigenvalue weighted by molar-refractivity contribution is 0.0601. The molecule has 0 saturated carbocycles. The first-order chi connectivity index (χ1) is 6.72. The Labute approximate surface area is 85.2 Å². The van der Waals surface area contributed by atoms with E-state index in [1.54, 1.807) is 18.2 Å². The van der Waals surface area contributed by atoms with Gasteiger partial charge in [0.25, 0.3) is 0 Å². The van der Waals surface area contributed by atoms with Gasteiger partial charge in [-0.3, -0.25) is 0 Å². The lowest BCUT2D eigenvalue weighted by Crippen LogP contribution is -2.00. The Bertz CT molecular complexity index is 487. The van der Waals surface area contributed by atoms with E-state index in [1.165, 1.54) is 13.4 Å². The minimum absolute atomic E-state index is 0.385. The smallest absolute Gasteiger partial charge is 0.337 e. The van der Waals surface area contributed by atoms with Crippen LogP contribution in [0.2, 0.25) is 5.02 Å². The molecule has 0 spiro atoms. The first-order valence-electron chi connectivity index (χ1n) is 3.97. The molecule has 3 nitrogen and oxygen atoms in total. The van der Waals surface area contributed by atoms with E-state index in [4.69, 9.17) is 16.0 Å². The monoisotopic (exact) mass is 210 g/mol. The molecule has 0 fully saturated rings. The van der Waals surface area contributed by atoms with E-state index in [0.717, 1.165) is 5.39 Å². The van der Waals surface area contributed by atoms with Gasteiger partial charge in [-0.2, -0.15) is 0 Å². The van der Waals surface area contributed by atoms with Crippen molar-refractivity contribution in [2.45, 2.75) is 0 Å². The van der Waals surface area contributed by atoms with Crippen LogP contribution in [0.5, 0.6) is 0 Å². The van der Waals surface area contributed by atoms with Crippen molar-refractivity contribution in [2.24, 2.45) is 0 Å². The van der Waals surface area contributed by atoms with Gasteiger partial charge in [-0.15, -0.1) is 0 Å². The maximum Gasteiger partial charge on any atom is 0.337 e. The molecule has 0 atom stereocenters. The summed E-state index contributed by atoms with van der Waals surface area (Å²) >= 11 is 5.85. The predicted octanol–water partition coefficient (Wildman–Crippen LogP) is 2.87. The predicted molar refractivity (Wildman–Crippen MR) is 52.6 cm³/mol. The summed E-state index contributed by atoms with van der Waals surface area (Å²) in [5, 5.41) is 1.21. The number of furan rings is 1. The molecule has 0 aliphatic heterocycles. The van der Waals surface area contributed by atoms with Crippen LogP contribution in [0, 0.1) is 0 Å². The summed E-state index contributed by atoms with van der Waals surface area (Å²) in [5.41, 5.74) is 1.12. The number of benzene rings is 1. The molecular weight excluding hydrogens is 204 g/mol. The van der Waals surface area contributed by atoms with Gasteiger partial charge in [-0.1, -0.05) is 11.6 Å². The van der Waals surface area contributed by atoms with Crippen molar-refractivity contribution in [1.29, 1.82) is 0 Å². The first-order valence-corrected chi connectivity index (χ1v) is 4.35. The molecule has 0 N–H and O–H groups in total. The van der Waals surface area contributed by atoms with Crippen LogP contribution >= 0.6 is 11.6 Å². The van der Waals surface area contributed by atoms with E-state index >= 15 is 0 Å². The van der Waals surface area contributed by atoms with E-state index < -0.39 is 0 Å². The third kappa shape index (κ3) is 1.36. The molecule has 0 unspecified atom stereocenters.